The lowest BCUT2D eigenvalue weighted by atomic mass is 10.3. The van der Waals surface area contributed by atoms with E-state index in [2.05, 4.69) is 0 Å². The third-order valence-electron chi connectivity index (χ3n) is 1.96. The van der Waals surface area contributed by atoms with E-state index >= 15 is 0 Å². The Morgan fingerprint density at radius 2 is 2.00 bits per heavy atom. The summed E-state index contributed by atoms with van der Waals surface area (Å²) >= 11 is 7.28. The number of carbonyl (C=O) groups excluding carboxylic acids is 1. The van der Waals surface area contributed by atoms with Gasteiger partial charge in [0, 0.05) is 16.0 Å². The van der Waals surface area contributed by atoms with Crippen molar-refractivity contribution in [2.24, 2.45) is 0 Å². The first kappa shape index (κ1) is 11.9. The first-order chi connectivity index (χ1) is 8.24. The third kappa shape index (κ3) is 3.73. The van der Waals surface area contributed by atoms with Gasteiger partial charge in [0.25, 0.3) is 0 Å². The van der Waals surface area contributed by atoms with Crippen molar-refractivity contribution in [1.82, 2.24) is 0 Å². The molecule has 0 fully saturated rings. The molecule has 86 valence electrons. The van der Waals surface area contributed by atoms with E-state index < -0.39 is 5.97 Å². The molecule has 0 N–H and O–H groups in total. The molecule has 0 atom stereocenters. The van der Waals surface area contributed by atoms with E-state index in [1.54, 1.807) is 41.7 Å². The minimum atomic E-state index is -0.402. The molecule has 0 spiro atoms. The largest absolute Gasteiger partial charge is 0.423 e. The van der Waals surface area contributed by atoms with E-state index in [-0.39, 0.29) is 0 Å². The van der Waals surface area contributed by atoms with Crippen LogP contribution in [-0.2, 0) is 4.79 Å². The highest BCUT2D eigenvalue weighted by molar-refractivity contribution is 7.10. The predicted octanol–water partition coefficient (Wildman–Crippen LogP) is 4.02. The molecule has 0 radical (unpaired) electrons. The van der Waals surface area contributed by atoms with Gasteiger partial charge in [0.2, 0.25) is 0 Å². The lowest BCUT2D eigenvalue weighted by molar-refractivity contribution is -0.128. The van der Waals surface area contributed by atoms with Gasteiger partial charge in [-0.25, -0.2) is 4.79 Å². The Hall–Kier alpha value is -1.58. The molecule has 1 aromatic carbocycles. The SMILES string of the molecule is O=C(C=Cc1cccs1)Oc1ccc(Cl)cc1. The molecule has 1 heterocycles. The maximum absolute atomic E-state index is 11.5. The molecule has 0 saturated carbocycles. The van der Waals surface area contributed by atoms with Gasteiger partial charge in [-0.05, 0) is 41.8 Å². The van der Waals surface area contributed by atoms with Gasteiger partial charge in [0.05, 0.1) is 0 Å². The lowest BCUT2D eigenvalue weighted by Crippen LogP contribution is -2.03. The van der Waals surface area contributed by atoms with Crippen LogP contribution in [0.4, 0.5) is 0 Å². The normalized spacial score (nSPS) is 10.6. The maximum atomic E-state index is 11.5. The van der Waals surface area contributed by atoms with Crippen molar-refractivity contribution in [3.63, 3.8) is 0 Å². The van der Waals surface area contributed by atoms with Gasteiger partial charge in [-0.1, -0.05) is 17.7 Å². The molecule has 0 unspecified atom stereocenters. The summed E-state index contributed by atoms with van der Waals surface area (Å²) in [5, 5.41) is 2.56. The van der Waals surface area contributed by atoms with Crippen molar-refractivity contribution in [1.29, 1.82) is 0 Å². The Morgan fingerprint density at radius 1 is 1.24 bits per heavy atom. The fourth-order valence-electron chi connectivity index (χ4n) is 1.19. The second-order valence-corrected chi connectivity index (χ2v) is 4.64. The topological polar surface area (TPSA) is 26.3 Å². The zero-order chi connectivity index (χ0) is 12.1. The number of benzene rings is 1. The maximum Gasteiger partial charge on any atom is 0.336 e. The molecule has 0 aliphatic carbocycles. The smallest absolute Gasteiger partial charge is 0.336 e. The van der Waals surface area contributed by atoms with Crippen molar-refractivity contribution in [2.45, 2.75) is 0 Å². The number of halogens is 1. The van der Waals surface area contributed by atoms with Gasteiger partial charge >= 0.3 is 5.97 Å². The second kappa shape index (κ2) is 5.66. The van der Waals surface area contributed by atoms with Gasteiger partial charge in [0.15, 0.2) is 0 Å². The summed E-state index contributed by atoms with van der Waals surface area (Å²) in [5.41, 5.74) is 0. The average Bonchev–Trinajstić information content (AvgIpc) is 2.83. The molecule has 0 bridgehead atoms. The van der Waals surface area contributed by atoms with Crippen molar-refractivity contribution in [2.75, 3.05) is 0 Å². The molecule has 2 aromatic rings. The summed E-state index contributed by atoms with van der Waals surface area (Å²) in [6.07, 6.45) is 3.13. The summed E-state index contributed by atoms with van der Waals surface area (Å²) in [6.45, 7) is 0. The van der Waals surface area contributed by atoms with Crippen LogP contribution in [0.2, 0.25) is 5.02 Å². The van der Waals surface area contributed by atoms with Crippen LogP contribution in [0.25, 0.3) is 6.08 Å². The molecule has 0 aliphatic rings. The molecule has 1 aromatic heterocycles. The minimum absolute atomic E-state index is 0.402. The first-order valence-corrected chi connectivity index (χ1v) is 6.19. The van der Waals surface area contributed by atoms with E-state index in [1.807, 2.05) is 17.5 Å². The third-order valence-corrected chi connectivity index (χ3v) is 3.05. The molecule has 0 amide bonds. The molecule has 0 aliphatic heterocycles. The second-order valence-electron chi connectivity index (χ2n) is 3.22. The zero-order valence-corrected chi connectivity index (χ0v) is 10.4. The Labute approximate surface area is 108 Å². The van der Waals surface area contributed by atoms with E-state index in [1.165, 1.54) is 6.08 Å². The van der Waals surface area contributed by atoms with Crippen LogP contribution in [0.15, 0.2) is 47.9 Å². The van der Waals surface area contributed by atoms with E-state index in [4.69, 9.17) is 16.3 Å². The quantitative estimate of drug-likeness (QED) is 0.475. The van der Waals surface area contributed by atoms with Gasteiger partial charge in [-0.2, -0.15) is 0 Å². The number of hydrogen-bond acceptors (Lipinski definition) is 3. The Bertz CT molecular complexity index is 515. The highest BCUT2D eigenvalue weighted by Crippen LogP contribution is 2.16. The number of rotatable bonds is 3. The molecular weight excluding hydrogens is 256 g/mol. The zero-order valence-electron chi connectivity index (χ0n) is 8.80. The monoisotopic (exact) mass is 264 g/mol. The number of ether oxygens (including phenoxy) is 1. The van der Waals surface area contributed by atoms with Crippen molar-refractivity contribution >= 4 is 35.0 Å². The Morgan fingerprint density at radius 3 is 2.65 bits per heavy atom. The van der Waals surface area contributed by atoms with Crippen LogP contribution < -0.4 is 4.74 Å². The number of esters is 1. The van der Waals surface area contributed by atoms with Crippen LogP contribution >= 0.6 is 22.9 Å². The predicted molar refractivity (Wildman–Crippen MR) is 70.4 cm³/mol. The van der Waals surface area contributed by atoms with Gasteiger partial charge in [-0.15, -0.1) is 11.3 Å². The molecular formula is C13H9ClO2S. The molecule has 2 nitrogen and oxygen atoms in total. The minimum Gasteiger partial charge on any atom is -0.423 e. The fraction of sp³-hybridized carbons (Fsp3) is 0. The number of hydrogen-bond donors (Lipinski definition) is 0. The highest BCUT2D eigenvalue weighted by atomic mass is 35.5. The molecule has 0 saturated heterocycles. The summed E-state index contributed by atoms with van der Waals surface area (Å²) < 4.78 is 5.09. The van der Waals surface area contributed by atoms with Crippen molar-refractivity contribution < 1.29 is 9.53 Å². The highest BCUT2D eigenvalue weighted by Gasteiger charge is 2.00. The van der Waals surface area contributed by atoms with Crippen molar-refractivity contribution in [3.05, 3.63) is 57.8 Å². The summed E-state index contributed by atoms with van der Waals surface area (Å²) in [6, 6.07) is 10.5. The standard InChI is InChI=1S/C13H9ClO2S/c14-10-3-5-11(6-4-10)16-13(15)8-7-12-2-1-9-17-12/h1-9H. The Kier molecular flexibility index (Phi) is 3.96. The van der Waals surface area contributed by atoms with Crippen LogP contribution in [-0.4, -0.2) is 5.97 Å². The van der Waals surface area contributed by atoms with Crippen LogP contribution in [0.3, 0.4) is 0 Å². The molecule has 17 heavy (non-hydrogen) atoms. The van der Waals surface area contributed by atoms with Crippen LogP contribution in [0, 0.1) is 0 Å². The van der Waals surface area contributed by atoms with Gasteiger partial charge < -0.3 is 4.74 Å². The number of thiophene rings is 1. The Balaban J connectivity index is 1.95. The molecule has 2 rings (SSSR count). The summed E-state index contributed by atoms with van der Waals surface area (Å²) in [4.78, 5) is 12.5. The summed E-state index contributed by atoms with van der Waals surface area (Å²) in [5.74, 6) is 0.0796. The van der Waals surface area contributed by atoms with E-state index in [0.29, 0.717) is 10.8 Å². The van der Waals surface area contributed by atoms with Crippen molar-refractivity contribution in [3.8, 4) is 5.75 Å². The average molecular weight is 265 g/mol. The van der Waals surface area contributed by atoms with Gasteiger partial charge in [-0.3, -0.25) is 0 Å². The summed E-state index contributed by atoms with van der Waals surface area (Å²) in [7, 11) is 0. The first-order valence-electron chi connectivity index (χ1n) is 4.93. The van der Waals surface area contributed by atoms with Crippen LogP contribution in [0.1, 0.15) is 4.88 Å². The van der Waals surface area contributed by atoms with E-state index in [0.717, 1.165) is 4.88 Å². The fourth-order valence-corrected chi connectivity index (χ4v) is 1.93. The van der Waals surface area contributed by atoms with Crippen LogP contribution in [0.5, 0.6) is 5.75 Å². The number of carbonyl (C=O) groups is 1. The molecule has 4 heteroatoms. The van der Waals surface area contributed by atoms with Gasteiger partial charge in [0.1, 0.15) is 5.75 Å². The van der Waals surface area contributed by atoms with E-state index in [9.17, 15) is 4.79 Å². The lowest BCUT2D eigenvalue weighted by Gasteiger charge is -2.00.